The maximum Gasteiger partial charge on any atom is 0.259 e. The van der Waals surface area contributed by atoms with Crippen molar-refractivity contribution >= 4 is 22.3 Å². The topological polar surface area (TPSA) is 105 Å². The lowest BCUT2D eigenvalue weighted by molar-refractivity contribution is 0.103. The Morgan fingerprint density at radius 1 is 1.11 bits per heavy atom. The second-order valence-electron chi connectivity index (χ2n) is 8.93. The van der Waals surface area contributed by atoms with Gasteiger partial charge >= 0.3 is 0 Å². The highest BCUT2D eigenvalue weighted by atomic mass is 16.5. The van der Waals surface area contributed by atoms with Gasteiger partial charge in [0.15, 0.2) is 0 Å². The molecule has 0 unspecified atom stereocenters. The van der Waals surface area contributed by atoms with Crippen LogP contribution in [0.25, 0.3) is 22.2 Å². The zero-order valence-corrected chi connectivity index (χ0v) is 20.7. The molecule has 0 saturated carbocycles. The number of hydrogen-bond donors (Lipinski definition) is 2. The summed E-state index contributed by atoms with van der Waals surface area (Å²) < 4.78 is 11.5. The minimum absolute atomic E-state index is 0.221. The molecule has 9 heteroatoms. The van der Waals surface area contributed by atoms with Gasteiger partial charge in [-0.3, -0.25) is 9.78 Å². The highest BCUT2D eigenvalue weighted by molar-refractivity contribution is 5.94. The smallest absolute Gasteiger partial charge is 0.259 e. The number of aromatic nitrogens is 4. The van der Waals surface area contributed by atoms with Gasteiger partial charge in [-0.15, -0.1) is 0 Å². The minimum Gasteiger partial charge on any atom is -0.490 e. The van der Waals surface area contributed by atoms with E-state index in [1.807, 2.05) is 37.3 Å². The van der Waals surface area contributed by atoms with Crippen LogP contribution in [-0.2, 0) is 0 Å². The fourth-order valence-corrected chi connectivity index (χ4v) is 4.52. The van der Waals surface area contributed by atoms with Gasteiger partial charge in [0.2, 0.25) is 5.88 Å². The van der Waals surface area contributed by atoms with Gasteiger partial charge in [-0.25, -0.2) is 9.97 Å². The average molecular weight is 487 g/mol. The quantitative estimate of drug-likeness (QED) is 0.398. The molecular formula is C27H30N6O3. The van der Waals surface area contributed by atoms with Crippen LogP contribution in [0.5, 0.6) is 11.6 Å². The third-order valence-electron chi connectivity index (χ3n) is 6.55. The Morgan fingerprint density at radius 3 is 2.69 bits per heavy atom. The van der Waals surface area contributed by atoms with E-state index in [9.17, 15) is 4.79 Å². The Hall–Kier alpha value is -3.98. The van der Waals surface area contributed by atoms with Gasteiger partial charge in [-0.2, -0.15) is 0 Å². The Labute approximate surface area is 209 Å². The molecule has 1 saturated heterocycles. The molecule has 1 fully saturated rings. The van der Waals surface area contributed by atoms with Crippen molar-refractivity contribution in [3.63, 3.8) is 0 Å². The van der Waals surface area contributed by atoms with Crippen molar-refractivity contribution in [1.29, 1.82) is 0 Å². The van der Waals surface area contributed by atoms with Gasteiger partial charge in [0.25, 0.3) is 5.56 Å². The Balaban J connectivity index is 1.44. The molecule has 0 spiro atoms. The zero-order chi connectivity index (χ0) is 25.1. The number of pyridine rings is 2. The van der Waals surface area contributed by atoms with Crippen LogP contribution in [0.3, 0.4) is 0 Å². The lowest BCUT2D eigenvalue weighted by Gasteiger charge is -2.31. The Morgan fingerprint density at radius 2 is 1.94 bits per heavy atom. The van der Waals surface area contributed by atoms with Crippen LogP contribution in [0.15, 0.2) is 53.7 Å². The van der Waals surface area contributed by atoms with E-state index in [-0.39, 0.29) is 11.7 Å². The molecule has 3 aromatic heterocycles. The Bertz CT molecular complexity index is 1430. The van der Waals surface area contributed by atoms with Crippen LogP contribution in [0.2, 0.25) is 0 Å². The molecule has 1 aliphatic heterocycles. The number of aryl methyl sites for hydroxylation is 1. The van der Waals surface area contributed by atoms with Crippen LogP contribution in [-0.4, -0.2) is 57.7 Å². The fraction of sp³-hybridized carbons (Fsp3) is 0.333. The predicted octanol–water partition coefficient (Wildman–Crippen LogP) is 4.30. The van der Waals surface area contributed by atoms with E-state index in [4.69, 9.17) is 14.5 Å². The lowest BCUT2D eigenvalue weighted by Crippen LogP contribution is -2.38. The first-order valence-corrected chi connectivity index (χ1v) is 12.2. The minimum atomic E-state index is -0.221. The number of hydrogen-bond acceptors (Lipinski definition) is 8. The van der Waals surface area contributed by atoms with Gasteiger partial charge in [0.1, 0.15) is 23.4 Å². The maximum atomic E-state index is 12.7. The largest absolute Gasteiger partial charge is 0.490 e. The average Bonchev–Trinajstić information content (AvgIpc) is 2.90. The second kappa shape index (κ2) is 10.3. The molecule has 0 radical (unpaired) electrons. The number of likely N-dealkylation sites (tertiary alicyclic amines) is 1. The second-order valence-corrected chi connectivity index (χ2v) is 8.93. The number of H-pyrrole nitrogens is 1. The number of ether oxygens (including phenoxy) is 2. The fourth-order valence-electron chi connectivity index (χ4n) is 4.52. The number of rotatable bonds is 7. The lowest BCUT2D eigenvalue weighted by atomic mass is 10.1. The van der Waals surface area contributed by atoms with Crippen LogP contribution in [0, 0.1) is 6.92 Å². The summed E-state index contributed by atoms with van der Waals surface area (Å²) in [5.74, 6) is 1.71. The summed E-state index contributed by atoms with van der Waals surface area (Å²) >= 11 is 0. The highest BCUT2D eigenvalue weighted by Gasteiger charge is 2.20. The molecule has 1 aromatic carbocycles. The summed E-state index contributed by atoms with van der Waals surface area (Å²) in [6, 6.07) is 9.61. The van der Waals surface area contributed by atoms with E-state index in [0.29, 0.717) is 28.5 Å². The molecule has 4 heterocycles. The molecule has 5 rings (SSSR count). The molecule has 36 heavy (non-hydrogen) atoms. The van der Waals surface area contributed by atoms with Crippen molar-refractivity contribution in [3.8, 4) is 23.0 Å². The SMILES string of the molecule is CCN1CCC(Oc2ccc(Nc3nc(-c4cncc(OC)n4)cc4cc[nH]c(=O)c34)cc2C)CC1. The van der Waals surface area contributed by atoms with Crippen LogP contribution >= 0.6 is 0 Å². The van der Waals surface area contributed by atoms with Crippen LogP contribution in [0.4, 0.5) is 11.5 Å². The van der Waals surface area contributed by atoms with Crippen molar-refractivity contribution in [2.45, 2.75) is 32.8 Å². The number of anilines is 2. The van der Waals surface area contributed by atoms with Gasteiger partial charge in [0, 0.05) is 25.0 Å². The Kier molecular flexibility index (Phi) is 6.81. The molecule has 0 aliphatic carbocycles. The van der Waals surface area contributed by atoms with Gasteiger partial charge in [-0.1, -0.05) is 6.92 Å². The van der Waals surface area contributed by atoms with Crippen molar-refractivity contribution in [2.24, 2.45) is 0 Å². The summed E-state index contributed by atoms with van der Waals surface area (Å²) in [7, 11) is 1.54. The molecule has 0 atom stereocenters. The molecule has 0 bridgehead atoms. The number of fused-ring (bicyclic) bond motifs is 1. The number of methoxy groups -OCH3 is 1. The van der Waals surface area contributed by atoms with E-state index >= 15 is 0 Å². The normalized spacial score (nSPS) is 14.6. The molecule has 1 aliphatic rings. The van der Waals surface area contributed by atoms with E-state index < -0.39 is 0 Å². The summed E-state index contributed by atoms with van der Waals surface area (Å²) in [6.07, 6.45) is 7.08. The van der Waals surface area contributed by atoms with Crippen LogP contribution < -0.4 is 20.3 Å². The molecule has 2 N–H and O–H groups in total. The number of nitrogens with one attached hydrogen (secondary N) is 2. The van der Waals surface area contributed by atoms with Crippen molar-refractivity contribution < 1.29 is 9.47 Å². The summed E-state index contributed by atoms with van der Waals surface area (Å²) in [5, 5.41) is 4.55. The standard InChI is InChI=1S/C27H30N6O3/c1-4-33-11-8-20(9-12-33)36-23-6-5-19(13-17(23)2)30-26-25-18(7-10-29-27(25)34)14-21(32-26)22-15-28-16-24(31-22)35-3/h5-7,10,13-16,20H,4,8-9,11-12H2,1-3H3,(H,29,34)(H,30,32). The van der Waals surface area contributed by atoms with Crippen molar-refractivity contribution in [3.05, 3.63) is 64.8 Å². The number of nitrogens with zero attached hydrogens (tertiary/aromatic N) is 4. The van der Waals surface area contributed by atoms with Gasteiger partial charge < -0.3 is 24.7 Å². The number of piperidine rings is 1. The van der Waals surface area contributed by atoms with Gasteiger partial charge in [-0.05, 0) is 67.6 Å². The van der Waals surface area contributed by atoms with E-state index in [2.05, 4.69) is 32.1 Å². The first-order chi connectivity index (χ1) is 17.5. The predicted molar refractivity (Wildman–Crippen MR) is 140 cm³/mol. The maximum absolute atomic E-state index is 12.7. The molecule has 186 valence electrons. The molecule has 4 aromatic rings. The number of aromatic amines is 1. The zero-order valence-electron chi connectivity index (χ0n) is 20.7. The first kappa shape index (κ1) is 23.7. The summed E-state index contributed by atoms with van der Waals surface area (Å²) in [5.41, 5.74) is 2.74. The van der Waals surface area contributed by atoms with Crippen molar-refractivity contribution in [1.82, 2.24) is 24.8 Å². The number of benzene rings is 1. The summed E-state index contributed by atoms with van der Waals surface area (Å²) in [4.78, 5) is 31.3. The third kappa shape index (κ3) is 5.01. The van der Waals surface area contributed by atoms with E-state index in [1.54, 1.807) is 12.4 Å². The first-order valence-electron chi connectivity index (χ1n) is 12.2. The van der Waals surface area contributed by atoms with E-state index in [0.717, 1.165) is 54.9 Å². The van der Waals surface area contributed by atoms with E-state index in [1.165, 1.54) is 13.3 Å². The van der Waals surface area contributed by atoms with Crippen molar-refractivity contribution in [2.75, 3.05) is 32.1 Å². The van der Waals surface area contributed by atoms with Gasteiger partial charge in [0.05, 0.1) is 30.6 Å². The summed E-state index contributed by atoms with van der Waals surface area (Å²) in [6.45, 7) is 7.45. The highest BCUT2D eigenvalue weighted by Crippen LogP contribution is 2.30. The monoisotopic (exact) mass is 486 g/mol. The molecular weight excluding hydrogens is 456 g/mol. The van der Waals surface area contributed by atoms with Crippen LogP contribution in [0.1, 0.15) is 25.3 Å². The third-order valence-corrected chi connectivity index (χ3v) is 6.55. The molecule has 0 amide bonds. The molecule has 9 nitrogen and oxygen atoms in total.